The fourth-order valence-corrected chi connectivity index (χ4v) is 1.52. The second-order valence-corrected chi connectivity index (χ2v) is 3.91. The summed E-state index contributed by atoms with van der Waals surface area (Å²) in [4.78, 5) is 0. The second-order valence-electron chi connectivity index (χ2n) is 3.15. The van der Waals surface area contributed by atoms with Crippen LogP contribution in [0.4, 0.5) is 0 Å². The molecule has 0 aliphatic heterocycles. The predicted molar refractivity (Wildman–Crippen MR) is 59.2 cm³/mol. The maximum absolute atomic E-state index is 5.25. The molecule has 81 valence electrons. The summed E-state index contributed by atoms with van der Waals surface area (Å²) in [5.74, 6) is 0.828. The molecule has 0 aliphatic carbocycles. The van der Waals surface area contributed by atoms with Gasteiger partial charge in [-0.25, -0.2) is 0 Å². The Bertz CT molecular complexity index is 310. The van der Waals surface area contributed by atoms with E-state index >= 15 is 0 Å². The lowest BCUT2D eigenvalue weighted by molar-refractivity contribution is -0.140. The molecule has 0 fully saturated rings. The van der Waals surface area contributed by atoms with Crippen LogP contribution in [0.1, 0.15) is 5.56 Å². The third kappa shape index (κ3) is 3.05. The Hall–Kier alpha value is -0.843. The number of rotatable bonds is 5. The highest BCUT2D eigenvalue weighted by Crippen LogP contribution is 2.23. The molecule has 0 unspecified atom stereocenters. The first-order valence-corrected chi connectivity index (χ1v) is 5.12. The molecule has 3 radical (unpaired) electrons. The average Bonchev–Trinajstić information content (AvgIpc) is 2.29. The molecule has 0 amide bonds. The van der Waals surface area contributed by atoms with Crippen molar-refractivity contribution in [3.63, 3.8) is 0 Å². The summed E-state index contributed by atoms with van der Waals surface area (Å²) in [5, 5.41) is 0. The van der Waals surface area contributed by atoms with E-state index in [9.17, 15) is 0 Å². The van der Waals surface area contributed by atoms with Gasteiger partial charge in [0.25, 0.3) is 0 Å². The van der Waals surface area contributed by atoms with Crippen LogP contribution in [0.2, 0.25) is 0 Å². The number of hydrogen-bond donors (Lipinski definition) is 0. The molecule has 0 saturated carbocycles. The lowest BCUT2D eigenvalue weighted by Gasteiger charge is -2.27. The van der Waals surface area contributed by atoms with E-state index in [1.807, 2.05) is 24.3 Å². The summed E-state index contributed by atoms with van der Waals surface area (Å²) in [5.41, 5.74) is 0.230. The quantitative estimate of drug-likeness (QED) is 0.557. The third-order valence-corrected chi connectivity index (χ3v) is 2.86. The third-order valence-electron chi connectivity index (χ3n) is 2.28. The van der Waals surface area contributed by atoms with Gasteiger partial charge in [0.2, 0.25) is 0 Å². The Morgan fingerprint density at radius 1 is 1.13 bits per heavy atom. The summed E-state index contributed by atoms with van der Waals surface area (Å²) >= 11 is 0. The van der Waals surface area contributed by atoms with Crippen molar-refractivity contribution in [3.05, 3.63) is 29.8 Å². The fraction of sp³-hybridized carbons (Fsp3) is 0.455. The molecule has 0 spiro atoms. The van der Waals surface area contributed by atoms with Gasteiger partial charge in [0.05, 0.1) is 7.11 Å². The maximum atomic E-state index is 5.25. The van der Waals surface area contributed by atoms with Crippen molar-refractivity contribution in [1.82, 2.24) is 0 Å². The fourth-order valence-electron chi connectivity index (χ4n) is 1.33. The maximum Gasteiger partial charge on any atom is 0.147 e. The number of hydrogen-bond acceptors (Lipinski definition) is 3. The molecular formula is C11H15O3Si. The number of methoxy groups -OCH3 is 3. The van der Waals surface area contributed by atoms with Gasteiger partial charge in [0, 0.05) is 20.6 Å². The Balaban J connectivity index is 2.87. The van der Waals surface area contributed by atoms with Crippen LogP contribution in [-0.4, -0.2) is 37.0 Å². The summed E-state index contributed by atoms with van der Waals surface area (Å²) < 4.78 is 15.7. The topological polar surface area (TPSA) is 27.7 Å². The van der Waals surface area contributed by atoms with Gasteiger partial charge >= 0.3 is 0 Å². The molecule has 0 aliphatic rings. The van der Waals surface area contributed by atoms with Crippen molar-refractivity contribution in [2.75, 3.05) is 21.3 Å². The molecule has 0 N–H and O–H groups in total. The van der Waals surface area contributed by atoms with Gasteiger partial charge in [-0.2, -0.15) is 0 Å². The molecule has 0 bridgehead atoms. The molecule has 0 aromatic heterocycles. The van der Waals surface area contributed by atoms with Gasteiger partial charge in [0.1, 0.15) is 21.4 Å². The lowest BCUT2D eigenvalue weighted by Crippen LogP contribution is -2.36. The van der Waals surface area contributed by atoms with E-state index in [0.717, 1.165) is 11.3 Å². The van der Waals surface area contributed by atoms with E-state index in [1.165, 1.54) is 0 Å². The van der Waals surface area contributed by atoms with Gasteiger partial charge in [-0.3, -0.25) is 0 Å². The van der Waals surface area contributed by atoms with Crippen molar-refractivity contribution in [3.8, 4) is 5.75 Å². The minimum absolute atomic E-state index is 0.570. The first-order valence-electron chi connectivity index (χ1n) is 4.62. The van der Waals surface area contributed by atoms with Crippen LogP contribution in [0.3, 0.4) is 0 Å². The van der Waals surface area contributed by atoms with E-state index in [2.05, 4.69) is 10.2 Å². The van der Waals surface area contributed by atoms with Crippen molar-refractivity contribution in [1.29, 1.82) is 0 Å². The number of para-hydroxylation sites is 1. The summed E-state index contributed by atoms with van der Waals surface area (Å²) in [6.45, 7) is 0. The molecule has 1 aromatic carbocycles. The number of benzene rings is 1. The molecule has 0 saturated heterocycles. The molecule has 1 aromatic rings. The van der Waals surface area contributed by atoms with Gasteiger partial charge < -0.3 is 14.2 Å². The predicted octanol–water partition coefficient (Wildman–Crippen LogP) is 1.35. The lowest BCUT2D eigenvalue weighted by atomic mass is 10.1. The van der Waals surface area contributed by atoms with Crippen molar-refractivity contribution >= 4 is 10.2 Å². The van der Waals surface area contributed by atoms with E-state index in [4.69, 9.17) is 14.2 Å². The Kier molecular flexibility index (Phi) is 4.32. The molecule has 15 heavy (non-hydrogen) atoms. The van der Waals surface area contributed by atoms with Crippen molar-refractivity contribution in [2.24, 2.45) is 0 Å². The SMILES string of the molecule is COc1ccccc1CC([Si])(OC)OC. The zero-order chi connectivity index (χ0) is 11.3. The van der Waals surface area contributed by atoms with Gasteiger partial charge in [-0.05, 0) is 11.6 Å². The Morgan fingerprint density at radius 2 is 1.73 bits per heavy atom. The highest BCUT2D eigenvalue weighted by Gasteiger charge is 2.24. The van der Waals surface area contributed by atoms with Crippen LogP contribution in [0.5, 0.6) is 5.75 Å². The molecule has 4 heteroatoms. The van der Waals surface area contributed by atoms with Crippen LogP contribution in [0, 0.1) is 0 Å². The zero-order valence-corrected chi connectivity index (χ0v) is 10.2. The first-order chi connectivity index (χ1) is 7.15. The highest BCUT2D eigenvalue weighted by molar-refractivity contribution is 6.13. The first kappa shape index (κ1) is 12.2. The molecular weight excluding hydrogens is 208 g/mol. The van der Waals surface area contributed by atoms with E-state index < -0.39 is 5.41 Å². The van der Waals surface area contributed by atoms with Gasteiger partial charge in [-0.15, -0.1) is 0 Å². The average molecular weight is 223 g/mol. The van der Waals surface area contributed by atoms with E-state index in [0.29, 0.717) is 6.42 Å². The van der Waals surface area contributed by atoms with Gasteiger partial charge in [-0.1, -0.05) is 18.2 Å². The minimum atomic E-state index is -0.797. The van der Waals surface area contributed by atoms with Crippen molar-refractivity contribution < 1.29 is 14.2 Å². The summed E-state index contributed by atoms with van der Waals surface area (Å²) in [7, 11) is 8.26. The number of ether oxygens (including phenoxy) is 3. The molecule has 0 atom stereocenters. The smallest absolute Gasteiger partial charge is 0.147 e. The monoisotopic (exact) mass is 223 g/mol. The summed E-state index contributed by atoms with van der Waals surface area (Å²) in [6, 6.07) is 7.77. The Morgan fingerprint density at radius 3 is 2.27 bits per heavy atom. The Labute approximate surface area is 93.8 Å². The van der Waals surface area contributed by atoms with Crippen LogP contribution in [-0.2, 0) is 15.9 Å². The van der Waals surface area contributed by atoms with Crippen LogP contribution in [0.25, 0.3) is 0 Å². The van der Waals surface area contributed by atoms with Crippen LogP contribution < -0.4 is 4.74 Å². The van der Waals surface area contributed by atoms with E-state index in [1.54, 1.807) is 21.3 Å². The molecule has 3 nitrogen and oxygen atoms in total. The van der Waals surface area contributed by atoms with Crippen LogP contribution >= 0.6 is 0 Å². The van der Waals surface area contributed by atoms with E-state index in [-0.39, 0.29) is 0 Å². The summed E-state index contributed by atoms with van der Waals surface area (Å²) in [6.07, 6.45) is 0.570. The largest absolute Gasteiger partial charge is 0.496 e. The van der Waals surface area contributed by atoms with Gasteiger partial charge in [0.15, 0.2) is 0 Å². The zero-order valence-electron chi connectivity index (χ0n) is 9.24. The molecule has 1 rings (SSSR count). The minimum Gasteiger partial charge on any atom is -0.496 e. The standard InChI is InChI=1S/C11H15O3Si/c1-12-10-7-5-4-6-9(10)8-11(15,13-2)14-3/h4-7H,8H2,1-3H3. The highest BCUT2D eigenvalue weighted by atomic mass is 28.1. The van der Waals surface area contributed by atoms with Crippen LogP contribution in [0.15, 0.2) is 24.3 Å². The van der Waals surface area contributed by atoms with Crippen molar-refractivity contribution in [2.45, 2.75) is 11.8 Å². The normalized spacial score (nSPS) is 11.5. The second kappa shape index (κ2) is 5.30. The molecule has 0 heterocycles.